The summed E-state index contributed by atoms with van der Waals surface area (Å²) < 4.78 is 0. The van der Waals surface area contributed by atoms with E-state index in [9.17, 15) is 0 Å². The van der Waals surface area contributed by atoms with Crippen LogP contribution in [0.4, 0.5) is 0 Å². The maximum absolute atomic E-state index is 5.35. The topological polar surface area (TPSA) is 25.8 Å². The Morgan fingerprint density at radius 1 is 0.352 bits per heavy atom. The zero-order valence-corrected chi connectivity index (χ0v) is 30.1. The Morgan fingerprint density at radius 3 is 1.67 bits per heavy atom. The molecule has 0 amide bonds. The summed E-state index contributed by atoms with van der Waals surface area (Å²) in [5.41, 5.74) is 14.7. The van der Waals surface area contributed by atoms with Gasteiger partial charge in [0.05, 0.1) is 16.8 Å². The van der Waals surface area contributed by atoms with E-state index in [1.807, 2.05) is 17.8 Å². The van der Waals surface area contributed by atoms with Crippen molar-refractivity contribution >= 4 is 22.5 Å². The van der Waals surface area contributed by atoms with E-state index in [0.717, 1.165) is 33.6 Å². The van der Waals surface area contributed by atoms with Gasteiger partial charge >= 0.3 is 0 Å². The van der Waals surface area contributed by atoms with Gasteiger partial charge in [0.15, 0.2) is 5.82 Å². The number of rotatable bonds is 4. The summed E-state index contributed by atoms with van der Waals surface area (Å²) >= 11 is 1.88. The average Bonchev–Trinajstić information content (AvgIpc) is 3.54. The predicted molar refractivity (Wildman–Crippen MR) is 223 cm³/mol. The van der Waals surface area contributed by atoms with Gasteiger partial charge in [0.1, 0.15) is 0 Å². The van der Waals surface area contributed by atoms with Crippen LogP contribution < -0.4 is 0 Å². The summed E-state index contributed by atoms with van der Waals surface area (Å²) in [7, 11) is 0. The van der Waals surface area contributed by atoms with Crippen LogP contribution in [0.3, 0.4) is 0 Å². The molecule has 2 nitrogen and oxygen atoms in total. The van der Waals surface area contributed by atoms with Crippen molar-refractivity contribution in [2.24, 2.45) is 0 Å². The van der Waals surface area contributed by atoms with E-state index in [0.29, 0.717) is 5.82 Å². The first-order chi connectivity index (χ1) is 26.8. The van der Waals surface area contributed by atoms with Gasteiger partial charge in [-0.05, 0) is 73.5 Å². The van der Waals surface area contributed by atoms with Gasteiger partial charge in [-0.2, -0.15) is 0 Å². The minimum Gasteiger partial charge on any atom is -0.228 e. The molecule has 54 heavy (non-hydrogen) atoms. The molecule has 0 unspecified atom stereocenters. The Bertz CT molecular complexity index is 2880. The highest BCUT2D eigenvalue weighted by Gasteiger charge is 2.50. The molecule has 0 saturated carbocycles. The van der Waals surface area contributed by atoms with E-state index in [1.165, 1.54) is 59.5 Å². The Labute approximate surface area is 318 Å². The molecule has 1 aliphatic heterocycles. The molecule has 0 atom stereocenters. The van der Waals surface area contributed by atoms with Crippen LogP contribution in [0.5, 0.6) is 0 Å². The van der Waals surface area contributed by atoms with E-state index >= 15 is 0 Å². The predicted octanol–water partition coefficient (Wildman–Crippen LogP) is 13.1. The molecule has 0 N–H and O–H groups in total. The third-order valence-electron chi connectivity index (χ3n) is 11.2. The van der Waals surface area contributed by atoms with Crippen LogP contribution in [0.25, 0.3) is 66.9 Å². The maximum Gasteiger partial charge on any atom is 0.161 e. The van der Waals surface area contributed by atoms with Crippen molar-refractivity contribution in [3.8, 4) is 56.2 Å². The van der Waals surface area contributed by atoms with Crippen molar-refractivity contribution in [3.05, 3.63) is 216 Å². The highest BCUT2D eigenvalue weighted by Crippen LogP contribution is 2.63. The third kappa shape index (κ3) is 4.62. The number of hydrogen-bond acceptors (Lipinski definition) is 3. The Morgan fingerprint density at radius 2 is 0.907 bits per heavy atom. The second-order valence-electron chi connectivity index (χ2n) is 14.1. The molecular formula is C51H32N2S. The Kier molecular flexibility index (Phi) is 7.05. The fraction of sp³-hybridized carbons (Fsp3) is 0.0196. The summed E-state index contributed by atoms with van der Waals surface area (Å²) in [6.07, 6.45) is 0. The molecule has 1 aliphatic carbocycles. The third-order valence-corrected chi connectivity index (χ3v) is 12.4. The van der Waals surface area contributed by atoms with Crippen LogP contribution >= 0.6 is 11.8 Å². The van der Waals surface area contributed by atoms with Crippen molar-refractivity contribution in [3.63, 3.8) is 0 Å². The van der Waals surface area contributed by atoms with Gasteiger partial charge in [-0.15, -0.1) is 0 Å². The molecule has 1 aromatic heterocycles. The average molecular weight is 705 g/mol. The van der Waals surface area contributed by atoms with Gasteiger partial charge in [-0.1, -0.05) is 188 Å². The van der Waals surface area contributed by atoms with Crippen LogP contribution in [0.2, 0.25) is 0 Å². The first kappa shape index (κ1) is 31.0. The Balaban J connectivity index is 1.15. The first-order valence-electron chi connectivity index (χ1n) is 18.4. The second kappa shape index (κ2) is 12.3. The lowest BCUT2D eigenvalue weighted by molar-refractivity contribution is 0.723. The van der Waals surface area contributed by atoms with Crippen LogP contribution in [0.15, 0.2) is 204 Å². The lowest BCUT2D eigenvalue weighted by Gasteiger charge is -2.40. The maximum atomic E-state index is 5.35. The van der Waals surface area contributed by atoms with E-state index in [-0.39, 0.29) is 0 Å². The fourth-order valence-corrected chi connectivity index (χ4v) is 10.1. The van der Waals surface area contributed by atoms with E-state index in [4.69, 9.17) is 9.97 Å². The second-order valence-corrected chi connectivity index (χ2v) is 15.1. The summed E-state index contributed by atoms with van der Waals surface area (Å²) in [4.78, 5) is 13.2. The number of hydrogen-bond donors (Lipinski definition) is 0. The molecule has 8 aromatic carbocycles. The first-order valence-corrected chi connectivity index (χ1v) is 19.2. The van der Waals surface area contributed by atoms with Crippen LogP contribution in [0.1, 0.15) is 22.3 Å². The number of fused-ring (bicyclic) bond motifs is 10. The van der Waals surface area contributed by atoms with Crippen LogP contribution in [-0.2, 0) is 5.41 Å². The monoisotopic (exact) mass is 704 g/mol. The highest BCUT2D eigenvalue weighted by molar-refractivity contribution is 7.99. The lowest BCUT2D eigenvalue weighted by atomic mass is 9.67. The molecule has 0 bridgehead atoms. The minimum atomic E-state index is -0.442. The van der Waals surface area contributed by atoms with Gasteiger partial charge < -0.3 is 0 Å². The van der Waals surface area contributed by atoms with Crippen LogP contribution in [0, 0.1) is 0 Å². The SMILES string of the molecule is c1ccc(-c2cc(-c3ccc4ccccc4c3)nc(-c3ccccc3-c3cccc4c3Sc3ccccc3C43c4ccccc4-c4ccccc43)n2)cc1. The molecule has 0 radical (unpaired) electrons. The van der Waals surface area contributed by atoms with E-state index in [1.54, 1.807) is 0 Å². The summed E-state index contributed by atoms with van der Waals surface area (Å²) in [5.74, 6) is 0.709. The van der Waals surface area contributed by atoms with E-state index in [2.05, 4.69) is 188 Å². The zero-order valence-electron chi connectivity index (χ0n) is 29.3. The van der Waals surface area contributed by atoms with Crippen molar-refractivity contribution in [1.29, 1.82) is 0 Å². The van der Waals surface area contributed by atoms with Gasteiger partial charge in [-0.3, -0.25) is 0 Å². The fourth-order valence-electron chi connectivity index (χ4n) is 8.82. The molecule has 0 saturated heterocycles. The van der Waals surface area contributed by atoms with Gasteiger partial charge in [0, 0.05) is 26.5 Å². The van der Waals surface area contributed by atoms with Crippen molar-refractivity contribution in [2.45, 2.75) is 15.2 Å². The molecule has 3 heteroatoms. The van der Waals surface area contributed by atoms with E-state index < -0.39 is 5.41 Å². The summed E-state index contributed by atoms with van der Waals surface area (Å²) in [5, 5.41) is 2.40. The normalized spacial score (nSPS) is 13.3. The quantitative estimate of drug-likeness (QED) is 0.182. The number of nitrogens with zero attached hydrogens (tertiary/aromatic N) is 2. The molecule has 2 aliphatic rings. The molecule has 1 spiro atoms. The van der Waals surface area contributed by atoms with Gasteiger partial charge in [-0.25, -0.2) is 9.97 Å². The number of aromatic nitrogens is 2. The molecule has 11 rings (SSSR count). The smallest absolute Gasteiger partial charge is 0.161 e. The molecule has 0 fully saturated rings. The summed E-state index contributed by atoms with van der Waals surface area (Å²) in [6, 6.07) is 70.2. The highest BCUT2D eigenvalue weighted by atomic mass is 32.2. The minimum absolute atomic E-state index is 0.442. The lowest BCUT2D eigenvalue weighted by Crippen LogP contribution is -2.32. The van der Waals surface area contributed by atoms with Crippen molar-refractivity contribution < 1.29 is 0 Å². The molecule has 252 valence electrons. The Hall–Kier alpha value is -6.55. The van der Waals surface area contributed by atoms with Crippen molar-refractivity contribution in [2.75, 3.05) is 0 Å². The van der Waals surface area contributed by atoms with Crippen molar-refractivity contribution in [1.82, 2.24) is 9.97 Å². The zero-order chi connectivity index (χ0) is 35.6. The largest absolute Gasteiger partial charge is 0.228 e. The van der Waals surface area contributed by atoms with Gasteiger partial charge in [0.25, 0.3) is 0 Å². The number of benzene rings is 8. The molecular weight excluding hydrogens is 673 g/mol. The summed E-state index contributed by atoms with van der Waals surface area (Å²) in [6.45, 7) is 0. The molecule has 9 aromatic rings. The standard InChI is InChI=1S/C51H32N2S/c1-2-16-34(17-3-1)46-32-47(36-30-29-33-15-4-5-18-35(33)31-36)53-50(52-46)41-22-7-6-19-37(41)40-23-14-27-45-49(40)54-48-28-13-12-26-44(48)51(45)42-24-10-8-20-38(42)39-21-9-11-25-43(39)51/h1-32H. The van der Waals surface area contributed by atoms with Gasteiger partial charge in [0.2, 0.25) is 0 Å². The van der Waals surface area contributed by atoms with Crippen LogP contribution in [-0.4, -0.2) is 9.97 Å². The molecule has 2 heterocycles.